The molecule has 138 valence electrons. The number of benzene rings is 2. The molecule has 2 amide bonds. The minimum atomic E-state index is -0.406. The van der Waals surface area contributed by atoms with Crippen molar-refractivity contribution in [3.63, 3.8) is 0 Å². The monoisotopic (exact) mass is 403 g/mol. The van der Waals surface area contributed by atoms with Crippen LogP contribution in [0.1, 0.15) is 16.1 Å². The van der Waals surface area contributed by atoms with E-state index in [1.54, 1.807) is 24.3 Å². The fourth-order valence-electron chi connectivity index (χ4n) is 2.35. The molecule has 1 heterocycles. The molecule has 0 saturated carbocycles. The molecule has 0 aliphatic heterocycles. The lowest BCUT2D eigenvalue weighted by molar-refractivity contribution is 0.111. The number of anilines is 3. The number of urea groups is 1. The highest BCUT2D eigenvalue weighted by atomic mass is 35.5. The van der Waals surface area contributed by atoms with E-state index in [-0.39, 0.29) is 0 Å². The molecular weight excluding hydrogens is 389 g/mol. The number of hydrogen-bond donors (Lipinski definition) is 4. The van der Waals surface area contributed by atoms with Crippen LogP contribution < -0.4 is 16.0 Å². The van der Waals surface area contributed by atoms with E-state index >= 15 is 0 Å². The molecular formula is C18H15Cl2N5O2. The first-order valence-corrected chi connectivity index (χ1v) is 8.65. The van der Waals surface area contributed by atoms with Gasteiger partial charge in [0.1, 0.15) is 5.69 Å². The van der Waals surface area contributed by atoms with Gasteiger partial charge in [-0.3, -0.25) is 9.89 Å². The number of H-pyrrole nitrogens is 1. The van der Waals surface area contributed by atoms with E-state index in [0.29, 0.717) is 45.6 Å². The molecule has 3 aromatic rings. The van der Waals surface area contributed by atoms with Gasteiger partial charge >= 0.3 is 6.03 Å². The predicted octanol–water partition coefficient (Wildman–Crippen LogP) is 4.79. The normalized spacial score (nSPS) is 10.3. The Kier molecular flexibility index (Phi) is 5.95. The summed E-state index contributed by atoms with van der Waals surface area (Å²) in [6.07, 6.45) is 2.23. The zero-order valence-electron chi connectivity index (χ0n) is 13.9. The van der Waals surface area contributed by atoms with Gasteiger partial charge in [0.05, 0.1) is 21.9 Å². The number of carbonyl (C=O) groups excluding carboxylic acids is 2. The second-order valence-electron chi connectivity index (χ2n) is 5.58. The van der Waals surface area contributed by atoms with Crippen LogP contribution in [0.25, 0.3) is 0 Å². The first-order chi connectivity index (χ1) is 13.0. The largest absolute Gasteiger partial charge is 0.378 e. The number of amides is 2. The average molecular weight is 404 g/mol. The number of halogens is 2. The Morgan fingerprint density at radius 3 is 2.59 bits per heavy atom. The van der Waals surface area contributed by atoms with E-state index in [2.05, 4.69) is 26.1 Å². The van der Waals surface area contributed by atoms with E-state index in [9.17, 15) is 9.59 Å². The summed E-state index contributed by atoms with van der Waals surface area (Å²) in [5.41, 5.74) is 3.06. The van der Waals surface area contributed by atoms with Gasteiger partial charge in [0.15, 0.2) is 6.29 Å². The van der Waals surface area contributed by atoms with Crippen molar-refractivity contribution in [1.82, 2.24) is 10.2 Å². The molecule has 0 radical (unpaired) electrons. The Balaban J connectivity index is 1.60. The molecule has 0 atom stereocenters. The molecule has 4 N–H and O–H groups in total. The third-order valence-electron chi connectivity index (χ3n) is 3.63. The van der Waals surface area contributed by atoms with Gasteiger partial charge < -0.3 is 16.0 Å². The van der Waals surface area contributed by atoms with Crippen LogP contribution >= 0.6 is 23.2 Å². The third kappa shape index (κ3) is 4.99. The number of rotatable bonds is 6. The van der Waals surface area contributed by atoms with Crippen molar-refractivity contribution in [2.75, 3.05) is 16.0 Å². The second-order valence-corrected chi connectivity index (χ2v) is 6.39. The number of carbonyl (C=O) groups is 2. The molecule has 0 fully saturated rings. The summed E-state index contributed by atoms with van der Waals surface area (Å²) in [4.78, 5) is 23.0. The van der Waals surface area contributed by atoms with Crippen molar-refractivity contribution in [2.45, 2.75) is 6.54 Å². The Bertz CT molecular complexity index is 974. The summed E-state index contributed by atoms with van der Waals surface area (Å²) in [5, 5.41) is 15.7. The number of aldehydes is 1. The Morgan fingerprint density at radius 2 is 1.85 bits per heavy atom. The zero-order valence-corrected chi connectivity index (χ0v) is 15.4. The van der Waals surface area contributed by atoms with Crippen LogP contribution in [-0.4, -0.2) is 22.5 Å². The number of hydrogen-bond acceptors (Lipinski definition) is 4. The first kappa shape index (κ1) is 18.8. The van der Waals surface area contributed by atoms with Crippen LogP contribution in [0, 0.1) is 0 Å². The highest BCUT2D eigenvalue weighted by Gasteiger charge is 2.07. The van der Waals surface area contributed by atoms with Crippen LogP contribution in [0.4, 0.5) is 21.9 Å². The third-order valence-corrected chi connectivity index (χ3v) is 4.37. The highest BCUT2D eigenvalue weighted by molar-refractivity contribution is 6.42. The van der Waals surface area contributed by atoms with Gasteiger partial charge in [-0.2, -0.15) is 5.10 Å². The predicted molar refractivity (Wildman–Crippen MR) is 107 cm³/mol. The number of aromatic nitrogens is 2. The maximum Gasteiger partial charge on any atom is 0.323 e. The average Bonchev–Trinajstić information content (AvgIpc) is 3.11. The Hall–Kier alpha value is -3.03. The van der Waals surface area contributed by atoms with Gasteiger partial charge in [0.25, 0.3) is 0 Å². The van der Waals surface area contributed by atoms with Crippen molar-refractivity contribution >= 4 is 52.6 Å². The maximum absolute atomic E-state index is 12.2. The second kappa shape index (κ2) is 8.57. The van der Waals surface area contributed by atoms with Crippen molar-refractivity contribution < 1.29 is 9.59 Å². The lowest BCUT2D eigenvalue weighted by Gasteiger charge is -2.10. The first-order valence-electron chi connectivity index (χ1n) is 7.89. The summed E-state index contributed by atoms with van der Waals surface area (Å²) >= 11 is 11.8. The smallest absolute Gasteiger partial charge is 0.323 e. The number of nitrogens with one attached hydrogen (secondary N) is 4. The summed E-state index contributed by atoms with van der Waals surface area (Å²) in [5.74, 6) is 0. The van der Waals surface area contributed by atoms with Gasteiger partial charge in [-0.1, -0.05) is 35.3 Å². The van der Waals surface area contributed by atoms with Crippen molar-refractivity contribution in [1.29, 1.82) is 0 Å². The summed E-state index contributed by atoms with van der Waals surface area (Å²) in [6.45, 7) is 0.463. The number of nitrogens with zero attached hydrogens (tertiary/aromatic N) is 1. The van der Waals surface area contributed by atoms with Crippen molar-refractivity contribution in [2.24, 2.45) is 0 Å². The summed E-state index contributed by atoms with van der Waals surface area (Å²) < 4.78 is 0. The lowest BCUT2D eigenvalue weighted by Crippen LogP contribution is -2.19. The van der Waals surface area contributed by atoms with E-state index in [0.717, 1.165) is 5.56 Å². The Labute approximate surface area is 165 Å². The van der Waals surface area contributed by atoms with Crippen LogP contribution in [0.2, 0.25) is 10.0 Å². The standard InChI is InChI=1S/C18H15Cl2N5O2/c19-14-5-4-13(7-15(14)20)24-18(27)23-12-3-1-2-11(6-12)8-21-16-9-22-25-17(16)10-26/h1-7,9-10,21H,8H2,(H,22,25)(H2,23,24,27). The topological polar surface area (TPSA) is 98.9 Å². The van der Waals surface area contributed by atoms with Crippen LogP contribution in [0.3, 0.4) is 0 Å². The molecule has 0 aliphatic rings. The minimum Gasteiger partial charge on any atom is -0.378 e. The Morgan fingerprint density at radius 1 is 1.07 bits per heavy atom. The van der Waals surface area contributed by atoms with Crippen molar-refractivity contribution in [3.05, 3.63) is 70.0 Å². The molecule has 0 saturated heterocycles. The van der Waals surface area contributed by atoms with Gasteiger partial charge in [-0.25, -0.2) is 4.79 Å². The number of aromatic amines is 1. The SMILES string of the molecule is O=Cc1[nH]ncc1NCc1cccc(NC(=O)Nc2ccc(Cl)c(Cl)c2)c1. The summed E-state index contributed by atoms with van der Waals surface area (Å²) in [7, 11) is 0. The minimum absolute atomic E-state index is 0.358. The fourth-order valence-corrected chi connectivity index (χ4v) is 2.65. The van der Waals surface area contributed by atoms with E-state index in [1.807, 2.05) is 18.2 Å². The molecule has 2 aromatic carbocycles. The fraction of sp³-hybridized carbons (Fsp3) is 0.0556. The van der Waals surface area contributed by atoms with E-state index in [4.69, 9.17) is 23.2 Å². The van der Waals surface area contributed by atoms with Crippen molar-refractivity contribution in [3.8, 4) is 0 Å². The molecule has 0 bridgehead atoms. The molecule has 27 heavy (non-hydrogen) atoms. The van der Waals surface area contributed by atoms with Gasteiger partial charge in [0.2, 0.25) is 0 Å². The molecule has 1 aromatic heterocycles. The quantitative estimate of drug-likeness (QED) is 0.444. The molecule has 0 aliphatic carbocycles. The van der Waals surface area contributed by atoms with E-state index in [1.165, 1.54) is 6.20 Å². The van der Waals surface area contributed by atoms with Gasteiger partial charge in [0, 0.05) is 17.9 Å². The molecule has 0 spiro atoms. The highest BCUT2D eigenvalue weighted by Crippen LogP contribution is 2.25. The lowest BCUT2D eigenvalue weighted by atomic mass is 10.2. The maximum atomic E-state index is 12.2. The van der Waals surface area contributed by atoms with Crippen LogP contribution in [0.5, 0.6) is 0 Å². The van der Waals surface area contributed by atoms with Crippen LogP contribution in [-0.2, 0) is 6.54 Å². The van der Waals surface area contributed by atoms with E-state index < -0.39 is 6.03 Å². The zero-order chi connectivity index (χ0) is 19.2. The van der Waals surface area contributed by atoms with Gasteiger partial charge in [-0.15, -0.1) is 0 Å². The molecule has 0 unspecified atom stereocenters. The summed E-state index contributed by atoms with van der Waals surface area (Å²) in [6, 6.07) is 11.7. The molecule has 7 nitrogen and oxygen atoms in total. The van der Waals surface area contributed by atoms with Gasteiger partial charge in [-0.05, 0) is 35.9 Å². The molecule has 3 rings (SSSR count). The van der Waals surface area contributed by atoms with Crippen LogP contribution in [0.15, 0.2) is 48.7 Å². The molecule has 9 heteroatoms.